The third-order valence-electron chi connectivity index (χ3n) is 2.82. The highest BCUT2D eigenvalue weighted by molar-refractivity contribution is 6.31. The number of nitrogens with one attached hydrogen (secondary N) is 1. The second kappa shape index (κ2) is 6.03. The van der Waals surface area contributed by atoms with Gasteiger partial charge in [0.15, 0.2) is 0 Å². The van der Waals surface area contributed by atoms with Crippen LogP contribution in [0.15, 0.2) is 30.5 Å². The molecule has 1 aromatic heterocycles. The summed E-state index contributed by atoms with van der Waals surface area (Å²) in [5.74, 6) is 0. The minimum Gasteiger partial charge on any atom is -0.313 e. The molecule has 18 heavy (non-hydrogen) atoms. The fourth-order valence-corrected chi connectivity index (χ4v) is 1.98. The molecule has 0 aliphatic carbocycles. The molecule has 0 bridgehead atoms. The summed E-state index contributed by atoms with van der Waals surface area (Å²) in [6.07, 6.45) is 2.99. The number of aromatic nitrogens is 2. The van der Waals surface area contributed by atoms with Crippen molar-refractivity contribution in [2.75, 3.05) is 6.54 Å². The van der Waals surface area contributed by atoms with Crippen molar-refractivity contribution in [1.29, 1.82) is 0 Å². The van der Waals surface area contributed by atoms with Crippen LogP contribution < -0.4 is 5.32 Å². The summed E-state index contributed by atoms with van der Waals surface area (Å²) in [5.41, 5.74) is 3.16. The zero-order valence-electron chi connectivity index (χ0n) is 10.8. The van der Waals surface area contributed by atoms with Gasteiger partial charge in [-0.2, -0.15) is 5.10 Å². The summed E-state index contributed by atoms with van der Waals surface area (Å²) in [6, 6.07) is 8.24. The first-order chi connectivity index (χ1) is 8.72. The van der Waals surface area contributed by atoms with E-state index in [2.05, 4.69) is 29.5 Å². The lowest BCUT2D eigenvalue weighted by Crippen LogP contribution is -2.15. The number of para-hydroxylation sites is 1. The Morgan fingerprint density at radius 1 is 1.33 bits per heavy atom. The van der Waals surface area contributed by atoms with Crippen molar-refractivity contribution >= 4 is 11.6 Å². The quantitative estimate of drug-likeness (QED) is 0.839. The average molecular weight is 264 g/mol. The van der Waals surface area contributed by atoms with Crippen LogP contribution in [0.3, 0.4) is 0 Å². The van der Waals surface area contributed by atoms with E-state index in [-0.39, 0.29) is 0 Å². The van der Waals surface area contributed by atoms with E-state index in [9.17, 15) is 0 Å². The first-order valence-electron chi connectivity index (χ1n) is 6.23. The maximum Gasteiger partial charge on any atom is 0.0819 e. The first-order valence-corrected chi connectivity index (χ1v) is 6.61. The molecule has 0 saturated heterocycles. The van der Waals surface area contributed by atoms with Gasteiger partial charge in [-0.05, 0) is 31.5 Å². The summed E-state index contributed by atoms with van der Waals surface area (Å²) in [7, 11) is 0. The van der Waals surface area contributed by atoms with Crippen molar-refractivity contribution in [2.24, 2.45) is 0 Å². The van der Waals surface area contributed by atoms with Crippen molar-refractivity contribution in [3.8, 4) is 5.69 Å². The van der Waals surface area contributed by atoms with Gasteiger partial charge in [-0.15, -0.1) is 0 Å². The minimum atomic E-state index is 0.700. The predicted octanol–water partition coefficient (Wildman–Crippen LogP) is 3.33. The molecule has 0 aliphatic rings. The van der Waals surface area contributed by atoms with E-state index in [4.69, 9.17) is 11.6 Å². The van der Waals surface area contributed by atoms with E-state index < -0.39 is 0 Å². The van der Waals surface area contributed by atoms with E-state index in [1.165, 1.54) is 5.56 Å². The number of nitrogens with zero attached hydrogens (tertiary/aromatic N) is 2. The Balaban J connectivity index is 2.26. The van der Waals surface area contributed by atoms with Crippen molar-refractivity contribution in [2.45, 2.75) is 26.8 Å². The van der Waals surface area contributed by atoms with Crippen LogP contribution >= 0.6 is 11.6 Å². The molecule has 0 radical (unpaired) electrons. The maximum atomic E-state index is 6.06. The van der Waals surface area contributed by atoms with Crippen LogP contribution in [0.5, 0.6) is 0 Å². The Bertz CT molecular complexity index is 500. The molecule has 3 nitrogen and oxygen atoms in total. The van der Waals surface area contributed by atoms with Gasteiger partial charge in [0, 0.05) is 12.7 Å². The highest BCUT2D eigenvalue weighted by atomic mass is 35.5. The van der Waals surface area contributed by atoms with Crippen LogP contribution in [0.4, 0.5) is 0 Å². The largest absolute Gasteiger partial charge is 0.313 e. The Kier molecular flexibility index (Phi) is 4.39. The number of hydrogen-bond donors (Lipinski definition) is 1. The van der Waals surface area contributed by atoms with Crippen LogP contribution in [-0.4, -0.2) is 16.3 Å². The van der Waals surface area contributed by atoms with Gasteiger partial charge in [0.2, 0.25) is 0 Å². The van der Waals surface area contributed by atoms with Gasteiger partial charge >= 0.3 is 0 Å². The molecule has 1 heterocycles. The summed E-state index contributed by atoms with van der Waals surface area (Å²) < 4.78 is 1.85. The molecule has 1 aromatic carbocycles. The molecule has 0 unspecified atom stereocenters. The summed E-state index contributed by atoms with van der Waals surface area (Å²) in [6.45, 7) is 5.94. The monoisotopic (exact) mass is 263 g/mol. The minimum absolute atomic E-state index is 0.700. The lowest BCUT2D eigenvalue weighted by Gasteiger charge is -2.10. The molecule has 4 heteroatoms. The third kappa shape index (κ3) is 2.92. The zero-order valence-corrected chi connectivity index (χ0v) is 11.5. The smallest absolute Gasteiger partial charge is 0.0819 e. The molecule has 96 valence electrons. The summed E-state index contributed by atoms with van der Waals surface area (Å²) >= 11 is 6.06. The van der Waals surface area contributed by atoms with Crippen molar-refractivity contribution < 1.29 is 0 Å². The van der Waals surface area contributed by atoms with E-state index >= 15 is 0 Å². The van der Waals surface area contributed by atoms with Crippen LogP contribution in [0, 0.1) is 6.92 Å². The SMILES string of the molecule is CCCNCc1ccccc1-n1cc(Cl)c(C)n1. The molecule has 2 rings (SSSR count). The van der Waals surface area contributed by atoms with Gasteiger partial charge in [-0.1, -0.05) is 36.7 Å². The zero-order chi connectivity index (χ0) is 13.0. The molecule has 0 fully saturated rings. The van der Waals surface area contributed by atoms with Crippen molar-refractivity contribution in [1.82, 2.24) is 15.1 Å². The van der Waals surface area contributed by atoms with E-state index in [0.29, 0.717) is 5.02 Å². The third-order valence-corrected chi connectivity index (χ3v) is 3.19. The van der Waals surface area contributed by atoms with E-state index in [1.807, 2.05) is 29.9 Å². The van der Waals surface area contributed by atoms with Crippen LogP contribution in [0.1, 0.15) is 24.6 Å². The molecule has 1 N–H and O–H groups in total. The molecule has 0 saturated carbocycles. The Labute approximate surface area is 113 Å². The lowest BCUT2D eigenvalue weighted by molar-refractivity contribution is 0.670. The molecule has 0 atom stereocenters. The van der Waals surface area contributed by atoms with Crippen molar-refractivity contribution in [3.63, 3.8) is 0 Å². The topological polar surface area (TPSA) is 29.9 Å². The summed E-state index contributed by atoms with van der Waals surface area (Å²) in [5, 5.41) is 8.54. The number of aryl methyl sites for hydroxylation is 1. The van der Waals surface area contributed by atoms with Gasteiger partial charge in [0.25, 0.3) is 0 Å². The fourth-order valence-electron chi connectivity index (χ4n) is 1.85. The first kappa shape index (κ1) is 13.1. The normalized spacial score (nSPS) is 10.8. The van der Waals surface area contributed by atoms with Crippen LogP contribution in [0.2, 0.25) is 5.02 Å². The standard InChI is InChI=1S/C14H18ClN3/c1-3-8-16-9-12-6-4-5-7-14(12)18-10-13(15)11(2)17-18/h4-7,10,16H,3,8-9H2,1-2H3. The van der Waals surface area contributed by atoms with Crippen molar-refractivity contribution in [3.05, 3.63) is 46.7 Å². The van der Waals surface area contributed by atoms with Crippen LogP contribution in [-0.2, 0) is 6.54 Å². The van der Waals surface area contributed by atoms with Gasteiger partial charge in [-0.3, -0.25) is 0 Å². The number of halogens is 1. The van der Waals surface area contributed by atoms with Gasteiger partial charge in [0.05, 0.1) is 16.4 Å². The molecular formula is C14H18ClN3. The molecular weight excluding hydrogens is 246 g/mol. The number of rotatable bonds is 5. The molecule has 2 aromatic rings. The fraction of sp³-hybridized carbons (Fsp3) is 0.357. The summed E-state index contributed by atoms with van der Waals surface area (Å²) in [4.78, 5) is 0. The van der Waals surface area contributed by atoms with E-state index in [0.717, 1.165) is 30.9 Å². The van der Waals surface area contributed by atoms with Gasteiger partial charge in [0.1, 0.15) is 0 Å². The second-order valence-electron chi connectivity index (χ2n) is 4.31. The Morgan fingerprint density at radius 3 is 2.78 bits per heavy atom. The maximum absolute atomic E-state index is 6.06. The average Bonchev–Trinajstić information content (AvgIpc) is 2.70. The Hall–Kier alpha value is -1.32. The highest BCUT2D eigenvalue weighted by Gasteiger charge is 2.07. The second-order valence-corrected chi connectivity index (χ2v) is 4.72. The van der Waals surface area contributed by atoms with Crippen LogP contribution in [0.25, 0.3) is 5.69 Å². The molecule has 0 spiro atoms. The predicted molar refractivity (Wildman–Crippen MR) is 75.3 cm³/mol. The highest BCUT2D eigenvalue weighted by Crippen LogP contribution is 2.19. The van der Waals surface area contributed by atoms with Gasteiger partial charge in [-0.25, -0.2) is 4.68 Å². The van der Waals surface area contributed by atoms with E-state index in [1.54, 1.807) is 0 Å². The van der Waals surface area contributed by atoms with Gasteiger partial charge < -0.3 is 5.32 Å². The number of benzene rings is 1. The lowest BCUT2D eigenvalue weighted by atomic mass is 10.2. The Morgan fingerprint density at radius 2 is 2.11 bits per heavy atom. The molecule has 0 amide bonds. The molecule has 0 aliphatic heterocycles. The number of hydrogen-bond acceptors (Lipinski definition) is 2.